The molecule has 1 aromatic heterocycles. The molecule has 0 radical (unpaired) electrons. The lowest BCUT2D eigenvalue weighted by atomic mass is 10.0. The van der Waals surface area contributed by atoms with Gasteiger partial charge in [0.2, 0.25) is 0 Å². The van der Waals surface area contributed by atoms with Crippen molar-refractivity contribution in [3.05, 3.63) is 59.1 Å². The lowest BCUT2D eigenvalue weighted by Crippen LogP contribution is -2.37. The molecule has 12 heteroatoms. The molecule has 0 aromatic carbocycles. The van der Waals surface area contributed by atoms with Gasteiger partial charge < -0.3 is 37.4 Å². The second kappa shape index (κ2) is 35.8. The van der Waals surface area contributed by atoms with Crippen molar-refractivity contribution >= 4 is 19.8 Å². The number of aryl methyl sites for hydroxylation is 2. The summed E-state index contributed by atoms with van der Waals surface area (Å²) in [5.74, 6) is 1.26. The van der Waals surface area contributed by atoms with Crippen LogP contribution in [0.2, 0.25) is 0 Å². The second-order valence-electron chi connectivity index (χ2n) is 17.9. The van der Waals surface area contributed by atoms with Gasteiger partial charge in [-0.15, -0.1) is 0 Å². The molecule has 1 heterocycles. The minimum atomic E-state index is -4.69. The summed E-state index contributed by atoms with van der Waals surface area (Å²) in [5, 5.41) is 10.3. The summed E-state index contributed by atoms with van der Waals surface area (Å²) >= 11 is 0. The molecule has 0 aliphatic heterocycles. The monoisotopic (exact) mass is 894 g/mol. The van der Waals surface area contributed by atoms with Crippen LogP contribution >= 0.6 is 7.82 Å². The van der Waals surface area contributed by atoms with Crippen LogP contribution < -0.4 is 4.89 Å². The number of hydrogen-bond donors (Lipinski definition) is 1. The van der Waals surface area contributed by atoms with Crippen molar-refractivity contribution < 1.29 is 51.6 Å². The molecule has 2 unspecified atom stereocenters. The Hall–Kier alpha value is -2.53. The molecule has 11 nitrogen and oxygen atoms in total. The van der Waals surface area contributed by atoms with Gasteiger partial charge in [-0.25, -0.2) is 0 Å². The molecular weight excluding hydrogens is 806 g/mol. The Morgan fingerprint density at radius 1 is 0.710 bits per heavy atom. The first kappa shape index (κ1) is 57.5. The fraction of sp³-hybridized carbons (Fsp3) is 0.760. The molecule has 0 saturated carbocycles. The summed E-state index contributed by atoms with van der Waals surface area (Å²) in [4.78, 5) is 37.8. The number of nitrogens with zero attached hydrogens (tertiary/aromatic N) is 1. The average molecular weight is 894 g/mol. The first-order valence-corrected chi connectivity index (χ1v) is 25.6. The van der Waals surface area contributed by atoms with E-state index in [-0.39, 0.29) is 26.1 Å². The molecule has 0 bridgehead atoms. The maximum absolute atomic E-state index is 12.8. The molecule has 0 amide bonds. The molecule has 1 aromatic rings. The van der Waals surface area contributed by atoms with E-state index in [2.05, 4.69) is 39.8 Å². The van der Waals surface area contributed by atoms with Gasteiger partial charge in [0.1, 0.15) is 31.3 Å². The van der Waals surface area contributed by atoms with Crippen LogP contribution in [0.25, 0.3) is 0 Å². The van der Waals surface area contributed by atoms with Crippen molar-refractivity contribution in [3.8, 4) is 0 Å². The van der Waals surface area contributed by atoms with Crippen LogP contribution in [0.4, 0.5) is 0 Å². The normalized spacial score (nSPS) is 14.3. The predicted octanol–water partition coefficient (Wildman–Crippen LogP) is 11.7. The first-order chi connectivity index (χ1) is 29.7. The number of aliphatic hydroxyl groups is 1. The highest BCUT2D eigenvalue weighted by Gasteiger charge is 2.22. The minimum absolute atomic E-state index is 0.0449. The van der Waals surface area contributed by atoms with Gasteiger partial charge in [0.15, 0.2) is 6.10 Å². The molecule has 1 N–H and O–H groups in total. The lowest BCUT2D eigenvalue weighted by Gasteiger charge is -2.28. The Balaban J connectivity index is 2.41. The highest BCUT2D eigenvalue weighted by molar-refractivity contribution is 7.45. The third kappa shape index (κ3) is 32.2. The zero-order chi connectivity index (χ0) is 45.9. The van der Waals surface area contributed by atoms with Gasteiger partial charge >= 0.3 is 11.9 Å². The number of rotatable bonds is 40. The van der Waals surface area contributed by atoms with Gasteiger partial charge in [0.25, 0.3) is 7.82 Å². The molecule has 0 saturated heterocycles. The van der Waals surface area contributed by atoms with Crippen molar-refractivity contribution in [2.24, 2.45) is 0 Å². The van der Waals surface area contributed by atoms with E-state index in [1.165, 1.54) is 75.3 Å². The minimum Gasteiger partial charge on any atom is -0.756 e. The zero-order valence-electron chi connectivity index (χ0n) is 40.1. The Bertz CT molecular complexity index is 1450. The van der Waals surface area contributed by atoms with E-state index in [4.69, 9.17) is 22.9 Å². The number of esters is 2. The number of phosphoric acid groups is 1. The van der Waals surface area contributed by atoms with Crippen molar-refractivity contribution in [2.45, 2.75) is 200 Å². The number of carbonyl (C=O) groups is 2. The number of unbranched alkanes of at least 4 members (excludes halogenated alkanes) is 15. The summed E-state index contributed by atoms with van der Waals surface area (Å²) in [6.45, 7) is 8.29. The smallest absolute Gasteiger partial charge is 0.306 e. The van der Waals surface area contributed by atoms with Crippen LogP contribution in [0.1, 0.15) is 184 Å². The number of ether oxygens (including phenoxy) is 2. The maximum atomic E-state index is 12.8. The molecule has 0 aliphatic carbocycles. The fourth-order valence-electron chi connectivity index (χ4n) is 6.84. The van der Waals surface area contributed by atoms with E-state index in [1.807, 2.05) is 33.3 Å². The van der Waals surface area contributed by atoms with E-state index < -0.39 is 38.6 Å². The number of carbonyl (C=O) groups excluding carboxylic acids is 2. The topological polar surface area (TPSA) is 145 Å². The summed E-state index contributed by atoms with van der Waals surface area (Å²) in [5.41, 5.74) is 2.63. The number of aliphatic hydroxyl groups excluding tert-OH is 1. The van der Waals surface area contributed by atoms with Crippen molar-refractivity contribution in [1.29, 1.82) is 0 Å². The average Bonchev–Trinajstić information content (AvgIpc) is 3.48. The van der Waals surface area contributed by atoms with E-state index in [0.29, 0.717) is 30.3 Å². The summed E-state index contributed by atoms with van der Waals surface area (Å²) in [7, 11) is 1.04. The van der Waals surface area contributed by atoms with E-state index in [0.717, 1.165) is 75.7 Å². The van der Waals surface area contributed by atoms with Gasteiger partial charge in [0.05, 0.1) is 33.9 Å². The predicted molar refractivity (Wildman–Crippen MR) is 250 cm³/mol. The highest BCUT2D eigenvalue weighted by atomic mass is 31.2. The van der Waals surface area contributed by atoms with Crippen LogP contribution in [-0.2, 0) is 45.5 Å². The van der Waals surface area contributed by atoms with Gasteiger partial charge in [-0.05, 0) is 76.3 Å². The van der Waals surface area contributed by atoms with Crippen LogP contribution in [-0.4, -0.2) is 81.2 Å². The van der Waals surface area contributed by atoms with E-state index in [9.17, 15) is 24.2 Å². The molecule has 0 aliphatic rings. The van der Waals surface area contributed by atoms with Crippen LogP contribution in [0.5, 0.6) is 0 Å². The largest absolute Gasteiger partial charge is 0.756 e. The number of hydrogen-bond acceptors (Lipinski definition) is 10. The van der Waals surface area contributed by atoms with Crippen molar-refractivity contribution in [1.82, 2.24) is 0 Å². The number of phosphoric ester groups is 1. The van der Waals surface area contributed by atoms with E-state index in [1.54, 1.807) is 12.2 Å². The number of likely N-dealkylation sites (N-methyl/N-ethyl adjacent to an activating group) is 1. The number of furan rings is 1. The standard InChI is InChI=1S/C50H88NO10P/c1-8-10-12-13-14-15-16-17-18-19-22-25-29-33-45(52)34-32-38-49(53)57-41-46(42-59-62(55,56)58-40-39-51(5,6)7)60-50(54)37-31-27-24-21-20-23-26-30-36-48-44(4)43(3)47(61-48)35-28-11-9-2/h17-18,22,25,29,33,45-46,52H,8-16,19-21,23-24,26-28,30-32,34-42H2,1-7H3/b18-17+,25-22+,33-29+/t45?,46-/m1/s1. The number of quaternary nitrogens is 1. The van der Waals surface area contributed by atoms with Gasteiger partial charge in [0, 0.05) is 25.7 Å². The maximum Gasteiger partial charge on any atom is 0.306 e. The fourth-order valence-corrected chi connectivity index (χ4v) is 7.57. The highest BCUT2D eigenvalue weighted by Crippen LogP contribution is 2.38. The molecule has 0 fully saturated rings. The van der Waals surface area contributed by atoms with Gasteiger partial charge in [-0.3, -0.25) is 14.2 Å². The van der Waals surface area contributed by atoms with Crippen LogP contribution in [0.3, 0.4) is 0 Å². The molecular formula is C50H88NO10P. The quantitative estimate of drug-likeness (QED) is 0.0169. The molecule has 3 atom stereocenters. The Labute approximate surface area is 377 Å². The lowest BCUT2D eigenvalue weighted by molar-refractivity contribution is -0.870. The van der Waals surface area contributed by atoms with Gasteiger partial charge in [-0.1, -0.05) is 134 Å². The molecule has 0 spiro atoms. The van der Waals surface area contributed by atoms with Gasteiger partial charge in [-0.2, -0.15) is 0 Å². The molecule has 358 valence electrons. The Morgan fingerprint density at radius 2 is 1.27 bits per heavy atom. The van der Waals surface area contributed by atoms with Crippen LogP contribution in [0, 0.1) is 13.8 Å². The van der Waals surface area contributed by atoms with Crippen molar-refractivity contribution in [3.63, 3.8) is 0 Å². The Morgan fingerprint density at radius 3 is 1.92 bits per heavy atom. The number of allylic oxidation sites excluding steroid dienone is 5. The third-order valence-electron chi connectivity index (χ3n) is 11.0. The molecule has 1 rings (SSSR count). The summed E-state index contributed by atoms with van der Waals surface area (Å²) in [6.07, 6.45) is 34.6. The van der Waals surface area contributed by atoms with E-state index >= 15 is 0 Å². The Kier molecular flexibility index (Phi) is 33.2. The third-order valence-corrected chi connectivity index (χ3v) is 11.9. The summed E-state index contributed by atoms with van der Waals surface area (Å²) in [6, 6.07) is 0. The summed E-state index contributed by atoms with van der Waals surface area (Å²) < 4.78 is 40.1. The van der Waals surface area contributed by atoms with Crippen molar-refractivity contribution in [2.75, 3.05) is 47.5 Å². The zero-order valence-corrected chi connectivity index (χ0v) is 41.0. The SMILES string of the molecule is CCCCCCCC/C=C/C/C=C/C=C/C(O)CCCC(=O)OC[C@H](COP(=O)([O-])OCC[N+](C)(C)C)OC(=O)CCCCCCCCCCc1oc(CCCCC)c(C)c1C. The molecule has 62 heavy (non-hydrogen) atoms. The first-order valence-electron chi connectivity index (χ1n) is 24.2. The van der Waals surface area contributed by atoms with Crippen LogP contribution in [0.15, 0.2) is 40.9 Å². The second-order valence-corrected chi connectivity index (χ2v) is 19.3.